The minimum atomic E-state index is -0.0163. The second-order valence-electron chi connectivity index (χ2n) is 7.33. The molecule has 3 aliphatic rings. The van der Waals surface area contributed by atoms with Gasteiger partial charge in [-0.25, -0.2) is 9.97 Å². The fourth-order valence-corrected chi connectivity index (χ4v) is 4.28. The van der Waals surface area contributed by atoms with E-state index in [0.717, 1.165) is 57.2 Å². The molecule has 1 spiro atoms. The Labute approximate surface area is 141 Å². The predicted octanol–water partition coefficient (Wildman–Crippen LogP) is 1.48. The Bertz CT molecular complexity index is 740. The first kappa shape index (κ1) is 14.6. The molecule has 0 aromatic carbocycles. The second kappa shape index (κ2) is 5.39. The lowest BCUT2D eigenvalue weighted by atomic mass is 9.80. The van der Waals surface area contributed by atoms with Crippen molar-refractivity contribution in [2.75, 3.05) is 19.8 Å². The first-order valence-corrected chi connectivity index (χ1v) is 9.01. The summed E-state index contributed by atoms with van der Waals surface area (Å²) in [6, 6.07) is 0. The molecule has 5 rings (SSSR count). The van der Waals surface area contributed by atoms with E-state index in [2.05, 4.69) is 15.0 Å². The van der Waals surface area contributed by atoms with E-state index >= 15 is 0 Å². The van der Waals surface area contributed by atoms with Gasteiger partial charge < -0.3 is 9.72 Å². The van der Waals surface area contributed by atoms with E-state index < -0.39 is 0 Å². The number of nitrogens with zero attached hydrogens (tertiary/aromatic N) is 5. The molecule has 7 nitrogen and oxygen atoms in total. The van der Waals surface area contributed by atoms with Crippen molar-refractivity contribution in [3.8, 4) is 0 Å². The summed E-state index contributed by atoms with van der Waals surface area (Å²) in [4.78, 5) is 15.4. The summed E-state index contributed by atoms with van der Waals surface area (Å²) >= 11 is 0. The first-order chi connectivity index (χ1) is 11.8. The molecule has 0 unspecified atom stereocenters. The highest BCUT2D eigenvalue weighted by Gasteiger charge is 2.46. The SMILES string of the molecule is Cn1nc(C2CC2)nc1CN1CCc2[nH]cnc2C12CCOCC2. The topological polar surface area (TPSA) is 71.9 Å². The molecule has 0 radical (unpaired) electrons. The number of fused-ring (bicyclic) bond motifs is 2. The first-order valence-electron chi connectivity index (χ1n) is 9.01. The lowest BCUT2D eigenvalue weighted by Gasteiger charge is -2.48. The van der Waals surface area contributed by atoms with Crippen molar-refractivity contribution < 1.29 is 4.74 Å². The van der Waals surface area contributed by atoms with Gasteiger partial charge in [-0.1, -0.05) is 0 Å². The average molecular weight is 328 g/mol. The summed E-state index contributed by atoms with van der Waals surface area (Å²) in [6.45, 7) is 3.47. The van der Waals surface area contributed by atoms with Crippen LogP contribution >= 0.6 is 0 Å². The molecule has 2 aliphatic heterocycles. The molecule has 1 saturated carbocycles. The normalized spacial score (nSPS) is 23.5. The van der Waals surface area contributed by atoms with Gasteiger partial charge in [0.1, 0.15) is 5.82 Å². The fourth-order valence-electron chi connectivity index (χ4n) is 4.28. The fraction of sp³-hybridized carbons (Fsp3) is 0.706. The maximum Gasteiger partial charge on any atom is 0.154 e. The summed E-state index contributed by atoms with van der Waals surface area (Å²) in [5.41, 5.74) is 2.50. The number of aromatic nitrogens is 5. The van der Waals surface area contributed by atoms with Gasteiger partial charge in [-0.15, -0.1) is 0 Å². The third-order valence-electron chi connectivity index (χ3n) is 5.86. The Morgan fingerprint density at radius 1 is 1.33 bits per heavy atom. The molecule has 0 amide bonds. The summed E-state index contributed by atoms with van der Waals surface area (Å²) in [5, 5.41) is 4.64. The average Bonchev–Trinajstić information content (AvgIpc) is 3.22. The van der Waals surface area contributed by atoms with Crippen LogP contribution in [0.3, 0.4) is 0 Å². The zero-order chi connectivity index (χ0) is 16.1. The molecular formula is C17H24N6O. The number of aryl methyl sites for hydroxylation is 1. The molecule has 128 valence electrons. The molecule has 7 heteroatoms. The quantitative estimate of drug-likeness (QED) is 0.924. The molecule has 24 heavy (non-hydrogen) atoms. The molecule has 1 aliphatic carbocycles. The second-order valence-corrected chi connectivity index (χ2v) is 7.33. The van der Waals surface area contributed by atoms with Crippen molar-refractivity contribution >= 4 is 0 Å². The van der Waals surface area contributed by atoms with Gasteiger partial charge in [-0.05, 0) is 25.7 Å². The van der Waals surface area contributed by atoms with Gasteiger partial charge in [-0.3, -0.25) is 9.58 Å². The van der Waals surface area contributed by atoms with Crippen LogP contribution in [0, 0.1) is 0 Å². The van der Waals surface area contributed by atoms with Gasteiger partial charge in [-0.2, -0.15) is 5.10 Å². The van der Waals surface area contributed by atoms with Crippen LogP contribution in [0.4, 0.5) is 0 Å². The number of rotatable bonds is 3. The predicted molar refractivity (Wildman–Crippen MR) is 87.4 cm³/mol. The number of ether oxygens (including phenoxy) is 1. The van der Waals surface area contributed by atoms with Gasteiger partial charge in [0.25, 0.3) is 0 Å². The minimum Gasteiger partial charge on any atom is -0.381 e. The molecule has 2 aromatic heterocycles. The Balaban J connectivity index is 1.48. The molecule has 2 fully saturated rings. The standard InChI is InChI=1S/C17H24N6O/c1-22-14(20-16(21-22)12-2-3-12)10-23-7-4-13-15(19-11-18-13)17(23)5-8-24-9-6-17/h11-12H,2-10H2,1H3,(H,18,19). The van der Waals surface area contributed by atoms with Gasteiger partial charge in [0.05, 0.1) is 24.1 Å². The molecule has 4 heterocycles. The van der Waals surface area contributed by atoms with Gasteiger partial charge in [0.2, 0.25) is 0 Å². The van der Waals surface area contributed by atoms with Crippen molar-refractivity contribution in [1.29, 1.82) is 0 Å². The zero-order valence-corrected chi connectivity index (χ0v) is 14.2. The number of nitrogens with one attached hydrogen (secondary N) is 1. The number of aromatic amines is 1. The Kier molecular flexibility index (Phi) is 3.28. The Morgan fingerprint density at radius 3 is 2.96 bits per heavy atom. The van der Waals surface area contributed by atoms with E-state index in [1.165, 1.54) is 24.2 Å². The van der Waals surface area contributed by atoms with Crippen molar-refractivity contribution in [3.05, 3.63) is 29.4 Å². The van der Waals surface area contributed by atoms with E-state index in [0.29, 0.717) is 5.92 Å². The third-order valence-corrected chi connectivity index (χ3v) is 5.86. The van der Waals surface area contributed by atoms with Crippen LogP contribution in [0.1, 0.15) is 54.6 Å². The van der Waals surface area contributed by atoms with E-state index in [-0.39, 0.29) is 5.54 Å². The summed E-state index contributed by atoms with van der Waals surface area (Å²) < 4.78 is 7.63. The lowest BCUT2D eigenvalue weighted by molar-refractivity contribution is -0.0464. The number of hydrogen-bond donors (Lipinski definition) is 1. The molecule has 0 atom stereocenters. The number of hydrogen-bond acceptors (Lipinski definition) is 5. The van der Waals surface area contributed by atoms with Crippen LogP contribution < -0.4 is 0 Å². The lowest BCUT2D eigenvalue weighted by Crippen LogP contribution is -2.53. The third kappa shape index (κ3) is 2.22. The van der Waals surface area contributed by atoms with Crippen LogP contribution in [-0.4, -0.2) is 49.4 Å². The van der Waals surface area contributed by atoms with E-state index in [1.807, 2.05) is 18.1 Å². The Morgan fingerprint density at radius 2 is 2.17 bits per heavy atom. The van der Waals surface area contributed by atoms with E-state index in [1.54, 1.807) is 0 Å². The van der Waals surface area contributed by atoms with Crippen LogP contribution in [0.5, 0.6) is 0 Å². The number of imidazole rings is 1. The summed E-state index contributed by atoms with van der Waals surface area (Å²) in [6.07, 6.45) is 7.34. The monoisotopic (exact) mass is 328 g/mol. The minimum absolute atomic E-state index is 0.0163. The molecular weight excluding hydrogens is 304 g/mol. The zero-order valence-electron chi connectivity index (χ0n) is 14.2. The summed E-state index contributed by atoms with van der Waals surface area (Å²) in [7, 11) is 2.02. The highest BCUT2D eigenvalue weighted by Crippen LogP contribution is 2.42. The van der Waals surface area contributed by atoms with Crippen LogP contribution in [0.15, 0.2) is 6.33 Å². The van der Waals surface area contributed by atoms with E-state index in [9.17, 15) is 0 Å². The van der Waals surface area contributed by atoms with Crippen LogP contribution in [0.2, 0.25) is 0 Å². The van der Waals surface area contributed by atoms with Crippen molar-refractivity contribution in [1.82, 2.24) is 29.6 Å². The van der Waals surface area contributed by atoms with E-state index in [4.69, 9.17) is 14.7 Å². The van der Waals surface area contributed by atoms with Gasteiger partial charge in [0, 0.05) is 44.8 Å². The van der Waals surface area contributed by atoms with Gasteiger partial charge in [0.15, 0.2) is 5.82 Å². The van der Waals surface area contributed by atoms with Crippen molar-refractivity contribution in [2.24, 2.45) is 7.05 Å². The maximum atomic E-state index is 5.66. The van der Waals surface area contributed by atoms with Crippen LogP contribution in [0.25, 0.3) is 0 Å². The molecule has 1 N–H and O–H groups in total. The highest BCUT2D eigenvalue weighted by molar-refractivity contribution is 5.26. The largest absolute Gasteiger partial charge is 0.381 e. The van der Waals surface area contributed by atoms with Crippen LogP contribution in [-0.2, 0) is 30.3 Å². The molecule has 2 aromatic rings. The molecule has 0 bridgehead atoms. The smallest absolute Gasteiger partial charge is 0.154 e. The van der Waals surface area contributed by atoms with Gasteiger partial charge >= 0.3 is 0 Å². The van der Waals surface area contributed by atoms with Crippen molar-refractivity contribution in [2.45, 2.75) is 50.1 Å². The number of H-pyrrole nitrogens is 1. The highest BCUT2D eigenvalue weighted by atomic mass is 16.5. The van der Waals surface area contributed by atoms with Crippen molar-refractivity contribution in [3.63, 3.8) is 0 Å². The summed E-state index contributed by atoms with van der Waals surface area (Å²) in [5.74, 6) is 2.70. The molecule has 1 saturated heterocycles. The Hall–Kier alpha value is -1.73. The maximum absolute atomic E-state index is 5.66.